The van der Waals surface area contributed by atoms with Gasteiger partial charge in [-0.2, -0.15) is 0 Å². The molecular weight excluding hydrogens is 214 g/mol. The standard InChI is InChI=1S/C13H27N3O/c1-3-4-5-6-15-13(17)11-12(2)16-9-7-14-8-10-16/h12,14H,3-11H2,1-2H3,(H,15,17). The molecule has 1 unspecified atom stereocenters. The van der Waals surface area contributed by atoms with Crippen molar-refractivity contribution in [1.29, 1.82) is 0 Å². The van der Waals surface area contributed by atoms with E-state index in [9.17, 15) is 4.79 Å². The number of piperazine rings is 1. The zero-order chi connectivity index (χ0) is 12.5. The first-order valence-electron chi connectivity index (χ1n) is 6.95. The summed E-state index contributed by atoms with van der Waals surface area (Å²) in [5.74, 6) is 0.201. The monoisotopic (exact) mass is 241 g/mol. The molecule has 0 radical (unpaired) electrons. The predicted molar refractivity (Wildman–Crippen MR) is 71.1 cm³/mol. The van der Waals surface area contributed by atoms with Crippen LogP contribution in [0.1, 0.15) is 39.5 Å². The normalized spacial score (nSPS) is 18.9. The van der Waals surface area contributed by atoms with E-state index in [1.54, 1.807) is 0 Å². The molecule has 0 aliphatic carbocycles. The molecule has 0 aromatic heterocycles. The Morgan fingerprint density at radius 1 is 1.35 bits per heavy atom. The number of nitrogens with one attached hydrogen (secondary N) is 2. The van der Waals surface area contributed by atoms with E-state index in [2.05, 4.69) is 29.4 Å². The Morgan fingerprint density at radius 2 is 2.06 bits per heavy atom. The summed E-state index contributed by atoms with van der Waals surface area (Å²) in [6.07, 6.45) is 4.14. The second-order valence-corrected chi connectivity index (χ2v) is 4.90. The molecule has 4 heteroatoms. The molecule has 4 nitrogen and oxygen atoms in total. The van der Waals surface area contributed by atoms with Crippen molar-refractivity contribution < 1.29 is 4.79 Å². The first kappa shape index (κ1) is 14.5. The molecule has 1 aliphatic heterocycles. The van der Waals surface area contributed by atoms with Gasteiger partial charge in [0.25, 0.3) is 0 Å². The number of rotatable bonds is 7. The highest BCUT2D eigenvalue weighted by molar-refractivity contribution is 5.76. The van der Waals surface area contributed by atoms with Crippen molar-refractivity contribution in [3.63, 3.8) is 0 Å². The Morgan fingerprint density at radius 3 is 2.71 bits per heavy atom. The van der Waals surface area contributed by atoms with Crippen molar-refractivity contribution in [1.82, 2.24) is 15.5 Å². The van der Waals surface area contributed by atoms with E-state index in [1.165, 1.54) is 12.8 Å². The van der Waals surface area contributed by atoms with Gasteiger partial charge in [-0.1, -0.05) is 19.8 Å². The second kappa shape index (κ2) is 8.48. The zero-order valence-corrected chi connectivity index (χ0v) is 11.3. The van der Waals surface area contributed by atoms with E-state index in [0.717, 1.165) is 39.1 Å². The van der Waals surface area contributed by atoms with Gasteiger partial charge in [0, 0.05) is 45.2 Å². The maximum absolute atomic E-state index is 11.7. The van der Waals surface area contributed by atoms with E-state index in [4.69, 9.17) is 0 Å². The molecule has 0 spiro atoms. The van der Waals surface area contributed by atoms with E-state index in [1.807, 2.05) is 0 Å². The Labute approximate surface area is 105 Å². The summed E-state index contributed by atoms with van der Waals surface area (Å²) in [6.45, 7) is 9.37. The average Bonchev–Trinajstić information content (AvgIpc) is 2.36. The Balaban J connectivity index is 2.11. The van der Waals surface area contributed by atoms with Crippen molar-refractivity contribution >= 4 is 5.91 Å². The minimum absolute atomic E-state index is 0.201. The summed E-state index contributed by atoms with van der Waals surface area (Å²) in [7, 11) is 0. The van der Waals surface area contributed by atoms with Crippen LogP contribution in [0, 0.1) is 0 Å². The summed E-state index contributed by atoms with van der Waals surface area (Å²) in [4.78, 5) is 14.1. The van der Waals surface area contributed by atoms with Crippen molar-refractivity contribution in [3.05, 3.63) is 0 Å². The van der Waals surface area contributed by atoms with Gasteiger partial charge in [-0.05, 0) is 13.3 Å². The van der Waals surface area contributed by atoms with Crippen LogP contribution >= 0.6 is 0 Å². The molecule has 17 heavy (non-hydrogen) atoms. The van der Waals surface area contributed by atoms with E-state index < -0.39 is 0 Å². The van der Waals surface area contributed by atoms with Crippen LogP contribution in [-0.4, -0.2) is 49.6 Å². The lowest BCUT2D eigenvalue weighted by Gasteiger charge is -2.32. The first-order valence-corrected chi connectivity index (χ1v) is 6.95. The minimum Gasteiger partial charge on any atom is -0.356 e. The average molecular weight is 241 g/mol. The van der Waals surface area contributed by atoms with Gasteiger partial charge in [-0.25, -0.2) is 0 Å². The number of nitrogens with zero attached hydrogens (tertiary/aromatic N) is 1. The van der Waals surface area contributed by atoms with Gasteiger partial charge in [0.2, 0.25) is 5.91 Å². The third-order valence-electron chi connectivity index (χ3n) is 3.36. The van der Waals surface area contributed by atoms with E-state index >= 15 is 0 Å². The molecule has 0 bridgehead atoms. The van der Waals surface area contributed by atoms with Crippen LogP contribution in [0.2, 0.25) is 0 Å². The molecular formula is C13H27N3O. The zero-order valence-electron chi connectivity index (χ0n) is 11.3. The van der Waals surface area contributed by atoms with Crippen molar-refractivity contribution in [2.24, 2.45) is 0 Å². The topological polar surface area (TPSA) is 44.4 Å². The fraction of sp³-hybridized carbons (Fsp3) is 0.923. The molecule has 2 N–H and O–H groups in total. The highest BCUT2D eigenvalue weighted by Crippen LogP contribution is 2.05. The molecule has 1 fully saturated rings. The maximum atomic E-state index is 11.7. The quantitative estimate of drug-likeness (QED) is 0.653. The van der Waals surface area contributed by atoms with Crippen LogP contribution in [0.4, 0.5) is 0 Å². The lowest BCUT2D eigenvalue weighted by molar-refractivity contribution is -0.122. The van der Waals surface area contributed by atoms with Gasteiger partial charge >= 0.3 is 0 Å². The molecule has 1 rings (SSSR count). The van der Waals surface area contributed by atoms with Crippen LogP contribution in [0.15, 0.2) is 0 Å². The molecule has 100 valence electrons. The summed E-state index contributed by atoms with van der Waals surface area (Å²) in [6, 6.07) is 0.364. The molecule has 0 aromatic rings. The Bertz CT molecular complexity index is 215. The molecule has 1 atom stereocenters. The minimum atomic E-state index is 0.201. The highest BCUT2D eigenvalue weighted by atomic mass is 16.1. The van der Waals surface area contributed by atoms with Gasteiger partial charge in [0.15, 0.2) is 0 Å². The van der Waals surface area contributed by atoms with Crippen molar-refractivity contribution in [2.75, 3.05) is 32.7 Å². The fourth-order valence-electron chi connectivity index (χ4n) is 2.20. The predicted octanol–water partition coefficient (Wildman–Crippen LogP) is 0.977. The third-order valence-corrected chi connectivity index (χ3v) is 3.36. The molecule has 1 amide bonds. The van der Waals surface area contributed by atoms with Gasteiger partial charge < -0.3 is 10.6 Å². The SMILES string of the molecule is CCCCCNC(=O)CC(C)N1CCNCC1. The number of carbonyl (C=O) groups is 1. The number of amides is 1. The van der Waals surface area contributed by atoms with E-state index in [-0.39, 0.29) is 5.91 Å². The number of unbranched alkanes of at least 4 members (excludes halogenated alkanes) is 2. The van der Waals surface area contributed by atoms with Crippen LogP contribution in [0.5, 0.6) is 0 Å². The first-order chi connectivity index (χ1) is 8.24. The van der Waals surface area contributed by atoms with E-state index in [0.29, 0.717) is 12.5 Å². The maximum Gasteiger partial charge on any atom is 0.221 e. The molecule has 0 aromatic carbocycles. The Hall–Kier alpha value is -0.610. The van der Waals surface area contributed by atoms with Gasteiger partial charge in [0.1, 0.15) is 0 Å². The van der Waals surface area contributed by atoms with Crippen LogP contribution < -0.4 is 10.6 Å². The summed E-state index contributed by atoms with van der Waals surface area (Å²) in [5, 5.41) is 6.34. The lowest BCUT2D eigenvalue weighted by atomic mass is 10.1. The Kier molecular flexibility index (Phi) is 7.21. The molecule has 0 saturated carbocycles. The lowest BCUT2D eigenvalue weighted by Crippen LogP contribution is -2.48. The second-order valence-electron chi connectivity index (χ2n) is 4.90. The van der Waals surface area contributed by atoms with Gasteiger partial charge in [-0.15, -0.1) is 0 Å². The molecule has 1 heterocycles. The van der Waals surface area contributed by atoms with Crippen LogP contribution in [-0.2, 0) is 4.79 Å². The highest BCUT2D eigenvalue weighted by Gasteiger charge is 2.18. The summed E-state index contributed by atoms with van der Waals surface area (Å²) in [5.41, 5.74) is 0. The van der Waals surface area contributed by atoms with Crippen molar-refractivity contribution in [3.8, 4) is 0 Å². The molecule has 1 saturated heterocycles. The summed E-state index contributed by atoms with van der Waals surface area (Å²) >= 11 is 0. The number of hydrogen-bond acceptors (Lipinski definition) is 3. The van der Waals surface area contributed by atoms with Crippen molar-refractivity contribution in [2.45, 2.75) is 45.6 Å². The van der Waals surface area contributed by atoms with Gasteiger partial charge in [-0.3, -0.25) is 9.69 Å². The smallest absolute Gasteiger partial charge is 0.221 e. The largest absolute Gasteiger partial charge is 0.356 e. The fourth-order valence-corrected chi connectivity index (χ4v) is 2.20. The van der Waals surface area contributed by atoms with Gasteiger partial charge in [0.05, 0.1) is 0 Å². The summed E-state index contributed by atoms with van der Waals surface area (Å²) < 4.78 is 0. The number of carbonyl (C=O) groups excluding carboxylic acids is 1. The van der Waals surface area contributed by atoms with Crippen LogP contribution in [0.3, 0.4) is 0 Å². The number of hydrogen-bond donors (Lipinski definition) is 2. The third kappa shape index (κ3) is 6.03. The van der Waals surface area contributed by atoms with Crippen LogP contribution in [0.25, 0.3) is 0 Å². The molecule has 1 aliphatic rings.